The summed E-state index contributed by atoms with van der Waals surface area (Å²) in [5, 5.41) is 17.7. The van der Waals surface area contributed by atoms with Gasteiger partial charge in [-0.2, -0.15) is 0 Å². The third-order valence-corrected chi connectivity index (χ3v) is 6.58. The molecular formula is C22H33N5O2. The highest BCUT2D eigenvalue weighted by Crippen LogP contribution is 2.34. The molecule has 0 bridgehead atoms. The quantitative estimate of drug-likeness (QED) is 0.601. The Balaban J connectivity index is 1.51. The highest BCUT2D eigenvalue weighted by molar-refractivity contribution is 5.38. The summed E-state index contributed by atoms with van der Waals surface area (Å²) in [7, 11) is 0. The van der Waals surface area contributed by atoms with E-state index in [1.54, 1.807) is 10.6 Å². The Bertz CT molecular complexity index is 838. The van der Waals surface area contributed by atoms with Crippen molar-refractivity contribution in [1.82, 2.24) is 9.47 Å². The van der Waals surface area contributed by atoms with Crippen LogP contribution in [0.2, 0.25) is 0 Å². The molecule has 3 unspecified atom stereocenters. The fraction of sp³-hybridized carbons (Fsp3) is 0.591. The number of rotatable bonds is 5. The summed E-state index contributed by atoms with van der Waals surface area (Å²) in [5.74, 6) is 1.09. The van der Waals surface area contributed by atoms with E-state index < -0.39 is 6.29 Å². The second kappa shape index (κ2) is 8.83. The summed E-state index contributed by atoms with van der Waals surface area (Å²) >= 11 is 0. The van der Waals surface area contributed by atoms with Gasteiger partial charge in [0.15, 0.2) is 0 Å². The first-order chi connectivity index (χ1) is 14.1. The Hall–Kier alpha value is -1.93. The average molecular weight is 400 g/mol. The summed E-state index contributed by atoms with van der Waals surface area (Å²) in [6.07, 6.45) is 11.6. The highest BCUT2D eigenvalue weighted by atomic mass is 16.5. The molecule has 4 rings (SSSR count). The zero-order valence-corrected chi connectivity index (χ0v) is 17.0. The van der Waals surface area contributed by atoms with E-state index in [0.29, 0.717) is 11.4 Å². The summed E-state index contributed by atoms with van der Waals surface area (Å²) in [4.78, 5) is 2.16. The predicted molar refractivity (Wildman–Crippen MR) is 112 cm³/mol. The first-order valence-electron chi connectivity index (χ1n) is 10.8. The smallest absolute Gasteiger partial charge is 0.140 e. The molecule has 1 aliphatic heterocycles. The number of allylic oxidation sites excluding steroid dienone is 1. The molecule has 0 aromatic carbocycles. The number of nitrogens with one attached hydrogen (secondary N) is 1. The Morgan fingerprint density at radius 3 is 2.76 bits per heavy atom. The van der Waals surface area contributed by atoms with Gasteiger partial charge in [-0.25, -0.2) is 0 Å². The normalized spacial score (nSPS) is 27.0. The van der Waals surface area contributed by atoms with Gasteiger partial charge in [-0.3, -0.25) is 16.0 Å². The fourth-order valence-corrected chi connectivity index (χ4v) is 4.72. The van der Waals surface area contributed by atoms with Crippen molar-refractivity contribution in [3.05, 3.63) is 47.1 Å². The van der Waals surface area contributed by atoms with Gasteiger partial charge in [-0.05, 0) is 67.7 Å². The molecule has 6 N–H and O–H groups in total. The van der Waals surface area contributed by atoms with Gasteiger partial charge in [-0.15, -0.1) is 0 Å². The monoisotopic (exact) mass is 399 g/mol. The fourth-order valence-electron chi connectivity index (χ4n) is 4.72. The Kier molecular flexibility index (Phi) is 6.20. The van der Waals surface area contributed by atoms with Gasteiger partial charge >= 0.3 is 0 Å². The van der Waals surface area contributed by atoms with Crippen LogP contribution in [0.4, 0.5) is 0 Å². The second-order valence-corrected chi connectivity index (χ2v) is 8.44. The molecule has 3 atom stereocenters. The van der Waals surface area contributed by atoms with E-state index in [1.165, 1.54) is 11.1 Å². The number of hydrogen-bond donors (Lipinski definition) is 4. The summed E-state index contributed by atoms with van der Waals surface area (Å²) in [5.41, 5.74) is 15.7. The number of pyridine rings is 1. The van der Waals surface area contributed by atoms with E-state index in [1.807, 2.05) is 12.3 Å². The van der Waals surface area contributed by atoms with E-state index in [9.17, 15) is 5.11 Å². The van der Waals surface area contributed by atoms with Crippen molar-refractivity contribution in [2.24, 2.45) is 17.4 Å². The highest BCUT2D eigenvalue weighted by Gasteiger charge is 2.29. The molecule has 0 spiro atoms. The molecular weight excluding hydrogens is 366 g/mol. The second-order valence-electron chi connectivity index (χ2n) is 8.44. The van der Waals surface area contributed by atoms with Crippen LogP contribution in [0, 0.1) is 11.3 Å². The molecule has 0 amide bonds. The van der Waals surface area contributed by atoms with Gasteiger partial charge in [0.1, 0.15) is 23.6 Å². The number of likely N-dealkylation sites (tertiary alicyclic amines) is 1. The lowest BCUT2D eigenvalue weighted by Gasteiger charge is -2.36. The van der Waals surface area contributed by atoms with Crippen LogP contribution in [0.5, 0.6) is 5.75 Å². The number of aliphatic hydroxyl groups is 1. The van der Waals surface area contributed by atoms with Crippen LogP contribution >= 0.6 is 0 Å². The molecule has 29 heavy (non-hydrogen) atoms. The van der Waals surface area contributed by atoms with Gasteiger partial charge in [0, 0.05) is 25.7 Å². The molecule has 1 aromatic rings. The third-order valence-electron chi connectivity index (χ3n) is 6.58. The predicted octanol–water partition coefficient (Wildman–Crippen LogP) is 1.60. The third kappa shape index (κ3) is 4.33. The first kappa shape index (κ1) is 20.3. The summed E-state index contributed by atoms with van der Waals surface area (Å²) in [6.45, 7) is 1.89. The van der Waals surface area contributed by atoms with Crippen LogP contribution < -0.4 is 21.7 Å². The van der Waals surface area contributed by atoms with Crippen molar-refractivity contribution in [3.8, 4) is 5.75 Å². The zero-order chi connectivity index (χ0) is 20.4. The molecule has 3 aliphatic rings. The van der Waals surface area contributed by atoms with Crippen LogP contribution in [0.3, 0.4) is 0 Å². The van der Waals surface area contributed by atoms with Gasteiger partial charge in [-0.1, -0.05) is 12.2 Å². The number of aromatic nitrogens is 1. The Morgan fingerprint density at radius 2 is 2.00 bits per heavy atom. The van der Waals surface area contributed by atoms with E-state index in [-0.39, 0.29) is 18.8 Å². The van der Waals surface area contributed by atoms with Crippen LogP contribution in [0.25, 0.3) is 0 Å². The average Bonchev–Trinajstić information content (AvgIpc) is 2.77. The molecule has 2 heterocycles. The molecule has 1 fully saturated rings. The maximum absolute atomic E-state index is 9.35. The Morgan fingerprint density at radius 1 is 1.21 bits per heavy atom. The minimum atomic E-state index is -0.408. The molecule has 2 aliphatic carbocycles. The number of ether oxygens (including phenoxy) is 1. The van der Waals surface area contributed by atoms with Crippen molar-refractivity contribution < 1.29 is 9.84 Å². The lowest BCUT2D eigenvalue weighted by molar-refractivity contribution is 0.0702. The maximum Gasteiger partial charge on any atom is 0.140 e. The Labute approximate surface area is 172 Å². The summed E-state index contributed by atoms with van der Waals surface area (Å²) < 4.78 is 8.14. The molecule has 1 saturated heterocycles. The SMILES string of the molecule is N=c1ccc(OC2CCC(N)C3=C2C=CCC3)cn1C(N)N1CCC(CO)CC1. The van der Waals surface area contributed by atoms with Gasteiger partial charge in [0.05, 0.1) is 6.20 Å². The zero-order valence-electron chi connectivity index (χ0n) is 17.0. The van der Waals surface area contributed by atoms with E-state index in [2.05, 4.69) is 17.1 Å². The molecule has 0 radical (unpaired) electrons. The molecule has 1 aromatic heterocycles. The number of nitrogens with two attached hydrogens (primary N) is 2. The number of aliphatic hydroxyl groups excluding tert-OH is 1. The summed E-state index contributed by atoms with van der Waals surface area (Å²) in [6, 6.07) is 3.74. The molecule has 7 heteroatoms. The standard InChI is InChI=1S/C22H33N5O2/c23-19-6-7-20(18-4-2-1-3-17(18)19)29-16-5-8-21(24)27(13-16)22(25)26-11-9-15(14-28)10-12-26/h2,4-5,8,13,15,19-20,22,24,28H,1,3,6-7,9-12,14,23,25H2. The minimum Gasteiger partial charge on any atom is -0.484 e. The lowest BCUT2D eigenvalue weighted by Crippen LogP contribution is -2.46. The van der Waals surface area contributed by atoms with E-state index in [0.717, 1.165) is 57.4 Å². The molecule has 7 nitrogen and oxygen atoms in total. The van der Waals surface area contributed by atoms with Crippen molar-refractivity contribution in [2.45, 2.75) is 57.0 Å². The van der Waals surface area contributed by atoms with Crippen molar-refractivity contribution in [1.29, 1.82) is 5.41 Å². The van der Waals surface area contributed by atoms with Crippen LogP contribution in [-0.4, -0.2) is 46.4 Å². The number of hydrogen-bond acceptors (Lipinski definition) is 6. The van der Waals surface area contributed by atoms with Crippen molar-refractivity contribution in [2.75, 3.05) is 19.7 Å². The van der Waals surface area contributed by atoms with Crippen LogP contribution in [0.1, 0.15) is 44.8 Å². The topological polar surface area (TPSA) is 114 Å². The minimum absolute atomic E-state index is 0.00269. The lowest BCUT2D eigenvalue weighted by atomic mass is 9.81. The number of piperidine rings is 1. The van der Waals surface area contributed by atoms with E-state index >= 15 is 0 Å². The van der Waals surface area contributed by atoms with E-state index in [4.69, 9.17) is 21.6 Å². The van der Waals surface area contributed by atoms with Crippen LogP contribution in [-0.2, 0) is 0 Å². The molecule has 158 valence electrons. The van der Waals surface area contributed by atoms with Crippen molar-refractivity contribution >= 4 is 0 Å². The van der Waals surface area contributed by atoms with Crippen molar-refractivity contribution in [3.63, 3.8) is 0 Å². The maximum atomic E-state index is 9.35. The largest absolute Gasteiger partial charge is 0.484 e. The van der Waals surface area contributed by atoms with Gasteiger partial charge < -0.3 is 20.1 Å². The number of nitrogens with zero attached hydrogens (tertiary/aromatic N) is 2. The first-order valence-corrected chi connectivity index (χ1v) is 10.8. The van der Waals surface area contributed by atoms with Gasteiger partial charge in [0.25, 0.3) is 0 Å². The van der Waals surface area contributed by atoms with Gasteiger partial charge in [0.2, 0.25) is 0 Å². The van der Waals surface area contributed by atoms with Crippen LogP contribution in [0.15, 0.2) is 41.6 Å². The molecule has 0 saturated carbocycles.